The number of hydrogen-bond donors (Lipinski definition) is 0. The summed E-state index contributed by atoms with van der Waals surface area (Å²) in [5.41, 5.74) is 18.8. The van der Waals surface area contributed by atoms with Gasteiger partial charge in [0, 0.05) is 10.8 Å². The van der Waals surface area contributed by atoms with E-state index in [9.17, 15) is 0 Å². The van der Waals surface area contributed by atoms with Gasteiger partial charge in [-0.1, -0.05) is 179 Å². The SMILES string of the molecule is CC1(C)c2ccccc2-c2c1ccc1c2C(C)(C)c2cc(-c3c4ccccc4c(-c4ccc(-c5ccccc5)cc4)c4ccccc34)ccc2-1. The van der Waals surface area contributed by atoms with Gasteiger partial charge in [0.25, 0.3) is 0 Å². The highest BCUT2D eigenvalue weighted by molar-refractivity contribution is 6.21. The molecule has 0 fully saturated rings. The Balaban J connectivity index is 1.17. The van der Waals surface area contributed by atoms with Gasteiger partial charge >= 0.3 is 0 Å². The lowest BCUT2D eigenvalue weighted by Crippen LogP contribution is -2.18. The maximum atomic E-state index is 2.51. The Morgan fingerprint density at radius 3 is 1.46 bits per heavy atom. The lowest BCUT2D eigenvalue weighted by Gasteiger charge is -2.26. The van der Waals surface area contributed by atoms with Crippen LogP contribution in [0.15, 0.2) is 158 Å². The fraction of sp³-hybridized carbons (Fsp3) is 0.120. The van der Waals surface area contributed by atoms with Crippen molar-refractivity contribution in [3.05, 3.63) is 180 Å². The van der Waals surface area contributed by atoms with Crippen LogP contribution in [-0.4, -0.2) is 0 Å². The zero-order valence-electron chi connectivity index (χ0n) is 29.0. The molecule has 0 radical (unpaired) electrons. The average Bonchev–Trinajstić information content (AvgIpc) is 3.53. The molecule has 0 heteroatoms. The summed E-state index contributed by atoms with van der Waals surface area (Å²) in [5, 5.41) is 5.15. The first kappa shape index (κ1) is 29.2. The van der Waals surface area contributed by atoms with Crippen molar-refractivity contribution >= 4 is 21.5 Å². The van der Waals surface area contributed by atoms with E-state index >= 15 is 0 Å². The van der Waals surface area contributed by atoms with Crippen molar-refractivity contribution in [3.8, 4) is 55.6 Å². The molecule has 0 atom stereocenters. The molecule has 0 amide bonds. The highest BCUT2D eigenvalue weighted by atomic mass is 14.5. The molecular formula is C50H38. The van der Waals surface area contributed by atoms with Gasteiger partial charge in [0.2, 0.25) is 0 Å². The molecule has 10 rings (SSSR count). The van der Waals surface area contributed by atoms with Gasteiger partial charge in [-0.05, 0) is 105 Å². The molecule has 8 aromatic rings. The predicted octanol–water partition coefficient (Wildman–Crippen LogP) is 13.6. The summed E-state index contributed by atoms with van der Waals surface area (Å²) in [7, 11) is 0. The van der Waals surface area contributed by atoms with Crippen LogP contribution in [0.2, 0.25) is 0 Å². The predicted molar refractivity (Wildman–Crippen MR) is 213 cm³/mol. The zero-order chi connectivity index (χ0) is 33.8. The zero-order valence-corrected chi connectivity index (χ0v) is 29.0. The van der Waals surface area contributed by atoms with Crippen LogP contribution in [0.25, 0.3) is 77.2 Å². The molecular weight excluding hydrogens is 601 g/mol. The minimum atomic E-state index is -0.147. The summed E-state index contributed by atoms with van der Waals surface area (Å²) < 4.78 is 0. The van der Waals surface area contributed by atoms with Gasteiger partial charge in [0.15, 0.2) is 0 Å². The van der Waals surface area contributed by atoms with E-state index in [0.29, 0.717) is 0 Å². The van der Waals surface area contributed by atoms with Crippen molar-refractivity contribution in [2.45, 2.75) is 38.5 Å². The van der Waals surface area contributed by atoms with Crippen LogP contribution >= 0.6 is 0 Å². The lowest BCUT2D eigenvalue weighted by molar-refractivity contribution is 0.647. The highest BCUT2D eigenvalue weighted by Crippen LogP contribution is 2.59. The van der Waals surface area contributed by atoms with Crippen LogP contribution in [0.4, 0.5) is 0 Å². The molecule has 0 aromatic heterocycles. The number of hydrogen-bond acceptors (Lipinski definition) is 0. The van der Waals surface area contributed by atoms with Crippen LogP contribution in [0.1, 0.15) is 49.9 Å². The Hall–Kier alpha value is -5.72. The largest absolute Gasteiger partial charge is 0.0622 e. The molecule has 0 nitrogen and oxygen atoms in total. The number of benzene rings is 8. The fourth-order valence-corrected chi connectivity index (χ4v) is 9.46. The second kappa shape index (κ2) is 10.4. The van der Waals surface area contributed by atoms with Gasteiger partial charge in [0.1, 0.15) is 0 Å². The normalized spacial score (nSPS) is 14.7. The summed E-state index contributed by atoms with van der Waals surface area (Å²) in [4.78, 5) is 0. The third kappa shape index (κ3) is 3.94. The minimum Gasteiger partial charge on any atom is -0.0622 e. The maximum Gasteiger partial charge on any atom is 0.0165 e. The Labute approximate surface area is 294 Å². The summed E-state index contributed by atoms with van der Waals surface area (Å²) in [6, 6.07) is 58.9. The molecule has 0 saturated carbocycles. The van der Waals surface area contributed by atoms with Crippen LogP contribution in [0.3, 0.4) is 0 Å². The van der Waals surface area contributed by atoms with Crippen molar-refractivity contribution in [2.75, 3.05) is 0 Å². The topological polar surface area (TPSA) is 0 Å². The Kier molecular flexibility index (Phi) is 6.07. The molecule has 238 valence electrons. The third-order valence-corrected chi connectivity index (χ3v) is 11.9. The van der Waals surface area contributed by atoms with Gasteiger partial charge in [-0.15, -0.1) is 0 Å². The second-order valence-corrected chi connectivity index (χ2v) is 15.3. The van der Waals surface area contributed by atoms with Crippen LogP contribution in [0, 0.1) is 0 Å². The number of rotatable bonds is 3. The highest BCUT2D eigenvalue weighted by Gasteiger charge is 2.44. The van der Waals surface area contributed by atoms with E-state index in [1.165, 1.54) is 99.4 Å². The smallest absolute Gasteiger partial charge is 0.0165 e. The molecule has 2 aliphatic rings. The quantitative estimate of drug-likeness (QED) is 0.169. The van der Waals surface area contributed by atoms with E-state index in [2.05, 4.69) is 185 Å². The molecule has 50 heavy (non-hydrogen) atoms. The van der Waals surface area contributed by atoms with E-state index in [1.807, 2.05) is 0 Å². The third-order valence-electron chi connectivity index (χ3n) is 11.9. The van der Waals surface area contributed by atoms with Gasteiger partial charge in [-0.3, -0.25) is 0 Å². The fourth-order valence-electron chi connectivity index (χ4n) is 9.46. The first-order valence-corrected chi connectivity index (χ1v) is 17.9. The van der Waals surface area contributed by atoms with Crippen molar-refractivity contribution < 1.29 is 0 Å². The van der Waals surface area contributed by atoms with Crippen molar-refractivity contribution in [1.82, 2.24) is 0 Å². The molecule has 0 N–H and O–H groups in total. The second-order valence-electron chi connectivity index (χ2n) is 15.3. The standard InChI is InChI=1S/C50H38/c1-49(2)42-21-13-12-20-41(42)47-43(49)29-28-40-35-27-26-34(30-44(35)50(3,4)48(40)47)46-38-18-10-8-16-36(38)45(37-17-9-11-19-39(37)46)33-24-22-32(23-25-33)31-14-6-5-7-15-31/h5-30H,1-4H3. The van der Waals surface area contributed by atoms with E-state index in [-0.39, 0.29) is 10.8 Å². The lowest BCUT2D eigenvalue weighted by atomic mass is 9.76. The Bertz CT molecular complexity index is 2610. The monoisotopic (exact) mass is 638 g/mol. The summed E-state index contributed by atoms with van der Waals surface area (Å²) in [6.45, 7) is 9.64. The molecule has 0 heterocycles. The summed E-state index contributed by atoms with van der Waals surface area (Å²) in [5.74, 6) is 0. The summed E-state index contributed by atoms with van der Waals surface area (Å²) >= 11 is 0. The average molecular weight is 639 g/mol. The van der Waals surface area contributed by atoms with Crippen LogP contribution < -0.4 is 0 Å². The van der Waals surface area contributed by atoms with Gasteiger partial charge < -0.3 is 0 Å². The minimum absolute atomic E-state index is 0.0155. The van der Waals surface area contributed by atoms with Crippen LogP contribution in [-0.2, 0) is 10.8 Å². The Morgan fingerprint density at radius 2 is 0.800 bits per heavy atom. The van der Waals surface area contributed by atoms with Gasteiger partial charge in [0.05, 0.1) is 0 Å². The summed E-state index contributed by atoms with van der Waals surface area (Å²) in [6.07, 6.45) is 0. The van der Waals surface area contributed by atoms with E-state index in [4.69, 9.17) is 0 Å². The molecule has 0 spiro atoms. The molecule has 8 aromatic carbocycles. The maximum absolute atomic E-state index is 2.51. The van der Waals surface area contributed by atoms with E-state index in [1.54, 1.807) is 0 Å². The first-order chi connectivity index (χ1) is 24.3. The van der Waals surface area contributed by atoms with Gasteiger partial charge in [-0.2, -0.15) is 0 Å². The van der Waals surface area contributed by atoms with Crippen molar-refractivity contribution in [1.29, 1.82) is 0 Å². The number of fused-ring (bicyclic) bond motifs is 9. The van der Waals surface area contributed by atoms with E-state index < -0.39 is 0 Å². The van der Waals surface area contributed by atoms with Crippen LogP contribution in [0.5, 0.6) is 0 Å². The molecule has 0 saturated heterocycles. The first-order valence-electron chi connectivity index (χ1n) is 17.9. The molecule has 0 unspecified atom stereocenters. The molecule has 0 bridgehead atoms. The molecule has 0 aliphatic heterocycles. The Morgan fingerprint density at radius 1 is 0.300 bits per heavy atom. The van der Waals surface area contributed by atoms with E-state index in [0.717, 1.165) is 0 Å². The molecule has 2 aliphatic carbocycles. The van der Waals surface area contributed by atoms with Gasteiger partial charge in [-0.25, -0.2) is 0 Å². The van der Waals surface area contributed by atoms with Crippen molar-refractivity contribution in [2.24, 2.45) is 0 Å². The van der Waals surface area contributed by atoms with Crippen molar-refractivity contribution in [3.63, 3.8) is 0 Å².